The SMILES string of the molecule is C=N/C(=N\C=C(/C)Br)c1ccc(CC(CNC(=O)c2ccc(C(C)(C)C)s2)C(=O)N2CC[C@H](C(=O)O)C2)cc1. The van der Waals surface area contributed by atoms with Gasteiger partial charge in [0.05, 0.1) is 16.7 Å². The van der Waals surface area contributed by atoms with Gasteiger partial charge in [-0.25, -0.2) is 9.98 Å². The van der Waals surface area contributed by atoms with E-state index < -0.39 is 17.8 Å². The van der Waals surface area contributed by atoms with Gasteiger partial charge in [-0.2, -0.15) is 0 Å². The summed E-state index contributed by atoms with van der Waals surface area (Å²) in [5, 5.41) is 12.3. The number of halogens is 1. The van der Waals surface area contributed by atoms with Crippen LogP contribution in [0.4, 0.5) is 0 Å². The van der Waals surface area contributed by atoms with E-state index in [1.807, 2.05) is 43.3 Å². The summed E-state index contributed by atoms with van der Waals surface area (Å²) >= 11 is 4.79. The average Bonchev–Trinajstić information content (AvgIpc) is 3.58. The third-order valence-corrected chi connectivity index (χ3v) is 8.20. The van der Waals surface area contributed by atoms with E-state index in [1.165, 1.54) is 11.3 Å². The number of allylic oxidation sites excluding steroid dienone is 1. The van der Waals surface area contributed by atoms with E-state index in [2.05, 4.69) is 58.7 Å². The number of benzene rings is 1. The van der Waals surface area contributed by atoms with Crippen molar-refractivity contribution in [3.05, 3.63) is 68.0 Å². The van der Waals surface area contributed by atoms with Gasteiger partial charge in [-0.3, -0.25) is 14.4 Å². The molecule has 2 aromatic rings. The molecule has 208 valence electrons. The van der Waals surface area contributed by atoms with Gasteiger partial charge in [-0.15, -0.1) is 11.3 Å². The highest BCUT2D eigenvalue weighted by Crippen LogP contribution is 2.29. The van der Waals surface area contributed by atoms with Gasteiger partial charge in [-0.1, -0.05) is 61.0 Å². The Morgan fingerprint density at radius 3 is 2.46 bits per heavy atom. The summed E-state index contributed by atoms with van der Waals surface area (Å²) < 4.78 is 0.855. The van der Waals surface area contributed by atoms with Crippen molar-refractivity contribution in [2.24, 2.45) is 21.8 Å². The van der Waals surface area contributed by atoms with Crippen LogP contribution >= 0.6 is 27.3 Å². The molecule has 0 spiro atoms. The first-order valence-electron chi connectivity index (χ1n) is 12.7. The third kappa shape index (κ3) is 8.44. The van der Waals surface area contributed by atoms with E-state index in [0.717, 1.165) is 20.5 Å². The number of rotatable bonds is 9. The molecule has 39 heavy (non-hydrogen) atoms. The lowest BCUT2D eigenvalue weighted by Gasteiger charge is -2.24. The summed E-state index contributed by atoms with van der Waals surface area (Å²) in [4.78, 5) is 49.5. The van der Waals surface area contributed by atoms with Crippen LogP contribution in [-0.2, 0) is 21.4 Å². The van der Waals surface area contributed by atoms with Gasteiger partial charge in [0.15, 0.2) is 5.84 Å². The van der Waals surface area contributed by atoms with Crippen LogP contribution in [0.2, 0.25) is 0 Å². The fourth-order valence-corrected chi connectivity index (χ4v) is 5.35. The van der Waals surface area contributed by atoms with Crippen LogP contribution in [0.3, 0.4) is 0 Å². The number of amidine groups is 1. The lowest BCUT2D eigenvalue weighted by molar-refractivity contribution is -0.141. The van der Waals surface area contributed by atoms with E-state index in [9.17, 15) is 19.5 Å². The molecule has 0 aliphatic carbocycles. The molecule has 1 aromatic heterocycles. The second kappa shape index (κ2) is 13.3. The van der Waals surface area contributed by atoms with Crippen molar-refractivity contribution >= 4 is 57.6 Å². The van der Waals surface area contributed by atoms with Crippen LogP contribution in [0.25, 0.3) is 0 Å². The number of aliphatic carboxylic acids is 1. The maximum Gasteiger partial charge on any atom is 0.308 e. The fourth-order valence-electron chi connectivity index (χ4n) is 4.26. The summed E-state index contributed by atoms with van der Waals surface area (Å²) in [5.41, 5.74) is 1.63. The number of hydrogen-bond donors (Lipinski definition) is 2. The summed E-state index contributed by atoms with van der Waals surface area (Å²) in [7, 11) is 0. The Morgan fingerprint density at radius 1 is 1.23 bits per heavy atom. The molecule has 1 aliphatic heterocycles. The Labute approximate surface area is 242 Å². The lowest BCUT2D eigenvalue weighted by atomic mass is 9.95. The van der Waals surface area contributed by atoms with Gasteiger partial charge in [0.25, 0.3) is 5.91 Å². The molecular weight excluding hydrogens is 580 g/mol. The van der Waals surface area contributed by atoms with Gasteiger partial charge in [-0.05, 0) is 49.6 Å². The molecular formula is C29H35BrN4O4S. The van der Waals surface area contributed by atoms with E-state index in [1.54, 1.807) is 11.1 Å². The molecule has 1 unspecified atom stereocenters. The molecule has 8 nitrogen and oxygen atoms in total. The third-order valence-electron chi connectivity index (χ3n) is 6.49. The van der Waals surface area contributed by atoms with E-state index in [0.29, 0.717) is 30.1 Å². The highest BCUT2D eigenvalue weighted by atomic mass is 79.9. The van der Waals surface area contributed by atoms with Gasteiger partial charge in [0, 0.05) is 40.8 Å². The number of aliphatic imine (C=N–C) groups is 2. The van der Waals surface area contributed by atoms with Crippen molar-refractivity contribution in [3.63, 3.8) is 0 Å². The smallest absolute Gasteiger partial charge is 0.308 e. The van der Waals surface area contributed by atoms with Crippen LogP contribution < -0.4 is 5.32 Å². The van der Waals surface area contributed by atoms with Crippen molar-refractivity contribution in [3.8, 4) is 0 Å². The zero-order valence-corrected chi connectivity index (χ0v) is 25.1. The topological polar surface area (TPSA) is 111 Å². The van der Waals surface area contributed by atoms with E-state index >= 15 is 0 Å². The summed E-state index contributed by atoms with van der Waals surface area (Å²) in [6.45, 7) is 12.5. The lowest BCUT2D eigenvalue weighted by Crippen LogP contribution is -2.41. The zero-order valence-electron chi connectivity index (χ0n) is 22.7. The highest BCUT2D eigenvalue weighted by molar-refractivity contribution is 9.11. The van der Waals surface area contributed by atoms with Crippen LogP contribution in [0.1, 0.15) is 59.8 Å². The normalized spacial score (nSPS) is 17.2. The molecule has 1 aliphatic rings. The van der Waals surface area contributed by atoms with E-state index in [-0.39, 0.29) is 30.3 Å². The number of nitrogens with zero attached hydrogens (tertiary/aromatic N) is 3. The van der Waals surface area contributed by atoms with Crippen molar-refractivity contribution in [1.82, 2.24) is 10.2 Å². The highest BCUT2D eigenvalue weighted by Gasteiger charge is 2.34. The van der Waals surface area contributed by atoms with Crippen molar-refractivity contribution < 1.29 is 19.5 Å². The number of thiophene rings is 1. The monoisotopic (exact) mass is 614 g/mol. The maximum absolute atomic E-state index is 13.5. The van der Waals surface area contributed by atoms with Crippen LogP contribution in [0.15, 0.2) is 57.1 Å². The first kappa shape index (κ1) is 30.4. The zero-order chi connectivity index (χ0) is 28.7. The Bertz CT molecular complexity index is 1270. The first-order valence-corrected chi connectivity index (χ1v) is 14.4. The standard InChI is InChI=1S/C29H35BrN4O4S/c1-18(30)15-32-25(31-5)20-8-6-19(7-9-20)14-22(27(36)34-13-12-21(17-34)28(37)38)16-33-26(35)23-10-11-24(39-23)29(2,3)4/h6-11,15,21-22H,5,12-14,16-17H2,1-4H3,(H,33,35)(H,37,38)/b18-15+,32-25-/t21-,22?/m0/s1. The second-order valence-electron chi connectivity index (χ2n) is 10.7. The minimum absolute atomic E-state index is 0.0562. The van der Waals surface area contributed by atoms with Crippen molar-refractivity contribution in [1.29, 1.82) is 0 Å². The molecule has 1 fully saturated rings. The Balaban J connectivity index is 1.77. The fraction of sp³-hybridized carbons (Fsp3) is 0.414. The largest absolute Gasteiger partial charge is 0.481 e. The summed E-state index contributed by atoms with van der Waals surface area (Å²) in [5.74, 6) is -1.90. The predicted molar refractivity (Wildman–Crippen MR) is 160 cm³/mol. The number of amides is 2. The number of nitrogens with one attached hydrogen (secondary N) is 1. The molecule has 2 N–H and O–H groups in total. The van der Waals surface area contributed by atoms with Crippen LogP contribution in [0.5, 0.6) is 0 Å². The molecule has 0 saturated carbocycles. The minimum atomic E-state index is -0.892. The minimum Gasteiger partial charge on any atom is -0.481 e. The van der Waals surface area contributed by atoms with E-state index in [4.69, 9.17) is 0 Å². The number of carbonyl (C=O) groups is 3. The van der Waals surface area contributed by atoms with Gasteiger partial charge in [0.2, 0.25) is 5.91 Å². The molecule has 2 heterocycles. The molecule has 0 radical (unpaired) electrons. The molecule has 1 saturated heterocycles. The number of carboxylic acid groups (broad SMARTS) is 1. The number of likely N-dealkylation sites (tertiary alicyclic amines) is 1. The molecule has 3 rings (SSSR count). The van der Waals surface area contributed by atoms with Crippen LogP contribution in [-0.4, -0.2) is 60.0 Å². The van der Waals surface area contributed by atoms with Gasteiger partial charge < -0.3 is 15.3 Å². The molecule has 2 atom stereocenters. The summed E-state index contributed by atoms with van der Waals surface area (Å²) in [6.07, 6.45) is 2.46. The summed E-state index contributed by atoms with van der Waals surface area (Å²) in [6, 6.07) is 11.3. The molecule has 10 heteroatoms. The second-order valence-corrected chi connectivity index (χ2v) is 13.0. The molecule has 0 bridgehead atoms. The quantitative estimate of drug-likeness (QED) is 0.296. The van der Waals surface area contributed by atoms with Gasteiger partial charge in [0.1, 0.15) is 0 Å². The maximum atomic E-state index is 13.5. The van der Waals surface area contributed by atoms with Crippen molar-refractivity contribution in [2.45, 2.75) is 46.0 Å². The molecule has 2 amide bonds. The Kier molecular flexibility index (Phi) is 10.4. The first-order chi connectivity index (χ1) is 18.4. The average molecular weight is 616 g/mol. The predicted octanol–water partition coefficient (Wildman–Crippen LogP) is 5.27. The van der Waals surface area contributed by atoms with Crippen molar-refractivity contribution in [2.75, 3.05) is 19.6 Å². The Morgan fingerprint density at radius 2 is 1.92 bits per heavy atom. The number of hydrogen-bond acceptors (Lipinski definition) is 5. The van der Waals surface area contributed by atoms with Gasteiger partial charge >= 0.3 is 5.97 Å². The Hall–Kier alpha value is -3.11. The number of carboxylic acids is 1. The van der Waals surface area contributed by atoms with Crippen LogP contribution in [0, 0.1) is 11.8 Å². The molecule has 1 aromatic carbocycles. The number of carbonyl (C=O) groups excluding carboxylic acids is 2.